The van der Waals surface area contributed by atoms with Crippen LogP contribution in [0.25, 0.3) is 0 Å². The number of aromatic nitrogens is 2. The van der Waals surface area contributed by atoms with E-state index in [-0.39, 0.29) is 0 Å². The first-order chi connectivity index (χ1) is 10.8. The molecule has 0 radical (unpaired) electrons. The molecule has 2 N–H and O–H groups in total. The quantitative estimate of drug-likeness (QED) is 0.692. The third-order valence-corrected chi connectivity index (χ3v) is 3.10. The maximum Gasteiger partial charge on any atom is 0.224 e. The first-order valence-corrected chi connectivity index (χ1v) is 7.24. The number of rotatable bonds is 9. The largest absolute Gasteiger partial charge is 0.497 e. The first kappa shape index (κ1) is 16.0. The molecule has 0 amide bonds. The summed E-state index contributed by atoms with van der Waals surface area (Å²) in [5.74, 6) is 2.28. The molecule has 2 rings (SSSR count). The standard InChI is InChI=1S/C16H22N4O2/c1-21-11-10-19-16-18-9-7-15(20-16)17-8-6-13-4-3-5-14(12-13)22-2/h3-5,7,9,12H,6,8,10-11H2,1-2H3,(H2,17,18,19,20). The van der Waals surface area contributed by atoms with Gasteiger partial charge in [0.2, 0.25) is 5.95 Å². The number of nitrogens with zero attached hydrogens (tertiary/aromatic N) is 2. The Morgan fingerprint density at radius 1 is 1.09 bits per heavy atom. The molecule has 0 bridgehead atoms. The number of anilines is 2. The lowest BCUT2D eigenvalue weighted by molar-refractivity contribution is 0.210. The summed E-state index contributed by atoms with van der Waals surface area (Å²) in [5, 5.41) is 6.40. The molecule has 2 aromatic rings. The van der Waals surface area contributed by atoms with Crippen molar-refractivity contribution in [2.45, 2.75) is 6.42 Å². The van der Waals surface area contributed by atoms with Gasteiger partial charge in [-0.15, -0.1) is 0 Å². The fraction of sp³-hybridized carbons (Fsp3) is 0.375. The molecular weight excluding hydrogens is 280 g/mol. The number of benzene rings is 1. The summed E-state index contributed by atoms with van der Waals surface area (Å²) in [6, 6.07) is 9.92. The monoisotopic (exact) mass is 302 g/mol. The fourth-order valence-corrected chi connectivity index (χ4v) is 1.97. The van der Waals surface area contributed by atoms with Gasteiger partial charge < -0.3 is 20.1 Å². The average molecular weight is 302 g/mol. The molecular formula is C16H22N4O2. The molecule has 0 aliphatic rings. The van der Waals surface area contributed by atoms with Crippen molar-refractivity contribution in [1.29, 1.82) is 0 Å². The molecule has 6 heteroatoms. The smallest absolute Gasteiger partial charge is 0.224 e. The molecule has 1 aromatic heterocycles. The van der Waals surface area contributed by atoms with Crippen LogP contribution in [0.5, 0.6) is 5.75 Å². The second kappa shape index (κ2) is 8.84. The van der Waals surface area contributed by atoms with Crippen molar-refractivity contribution in [2.24, 2.45) is 0 Å². The molecule has 1 heterocycles. The highest BCUT2D eigenvalue weighted by Crippen LogP contribution is 2.13. The van der Waals surface area contributed by atoms with E-state index in [1.165, 1.54) is 5.56 Å². The summed E-state index contributed by atoms with van der Waals surface area (Å²) in [6.07, 6.45) is 2.63. The lowest BCUT2D eigenvalue weighted by Gasteiger charge is -2.09. The molecule has 22 heavy (non-hydrogen) atoms. The van der Waals surface area contributed by atoms with E-state index in [4.69, 9.17) is 9.47 Å². The van der Waals surface area contributed by atoms with Gasteiger partial charge in [0.25, 0.3) is 0 Å². The van der Waals surface area contributed by atoms with Gasteiger partial charge in [0.05, 0.1) is 13.7 Å². The number of hydrogen-bond acceptors (Lipinski definition) is 6. The van der Waals surface area contributed by atoms with Crippen molar-refractivity contribution < 1.29 is 9.47 Å². The maximum atomic E-state index is 5.22. The minimum Gasteiger partial charge on any atom is -0.497 e. The number of hydrogen-bond donors (Lipinski definition) is 2. The molecule has 0 aliphatic heterocycles. The molecule has 0 saturated heterocycles. The summed E-state index contributed by atoms with van der Waals surface area (Å²) < 4.78 is 10.2. The Morgan fingerprint density at radius 3 is 2.82 bits per heavy atom. The predicted octanol–water partition coefficient (Wildman–Crippen LogP) is 2.20. The Kier molecular flexibility index (Phi) is 6.44. The number of methoxy groups -OCH3 is 2. The van der Waals surface area contributed by atoms with Crippen LogP contribution < -0.4 is 15.4 Å². The van der Waals surface area contributed by atoms with Crippen LogP contribution in [0.2, 0.25) is 0 Å². The van der Waals surface area contributed by atoms with Crippen molar-refractivity contribution in [3.05, 3.63) is 42.1 Å². The highest BCUT2D eigenvalue weighted by molar-refractivity contribution is 5.39. The molecule has 0 spiro atoms. The van der Waals surface area contributed by atoms with E-state index in [1.807, 2.05) is 24.3 Å². The minimum atomic E-state index is 0.600. The molecule has 1 aromatic carbocycles. The van der Waals surface area contributed by atoms with Crippen molar-refractivity contribution in [3.8, 4) is 5.75 Å². The van der Waals surface area contributed by atoms with E-state index in [0.717, 1.165) is 24.5 Å². The number of ether oxygens (including phenoxy) is 2. The van der Waals surface area contributed by atoms with Crippen LogP contribution in [0.3, 0.4) is 0 Å². The lowest BCUT2D eigenvalue weighted by atomic mass is 10.1. The van der Waals surface area contributed by atoms with Gasteiger partial charge in [0, 0.05) is 26.4 Å². The summed E-state index contributed by atoms with van der Waals surface area (Å²) in [5.41, 5.74) is 1.22. The molecule has 6 nitrogen and oxygen atoms in total. The third-order valence-electron chi connectivity index (χ3n) is 3.10. The summed E-state index contributed by atoms with van der Waals surface area (Å²) in [6.45, 7) is 2.10. The Labute approximate surface area is 130 Å². The Morgan fingerprint density at radius 2 is 2.00 bits per heavy atom. The molecule has 0 fully saturated rings. The van der Waals surface area contributed by atoms with Crippen molar-refractivity contribution in [3.63, 3.8) is 0 Å². The van der Waals surface area contributed by atoms with Crippen molar-refractivity contribution in [2.75, 3.05) is 44.5 Å². The van der Waals surface area contributed by atoms with Crippen LogP contribution in [-0.2, 0) is 11.2 Å². The summed E-state index contributed by atoms with van der Waals surface area (Å²) >= 11 is 0. The zero-order valence-electron chi connectivity index (χ0n) is 13.0. The second-order valence-electron chi connectivity index (χ2n) is 4.71. The normalized spacial score (nSPS) is 10.3. The van der Waals surface area contributed by atoms with Crippen LogP contribution in [0.1, 0.15) is 5.56 Å². The number of nitrogens with one attached hydrogen (secondary N) is 2. The van der Waals surface area contributed by atoms with E-state index in [1.54, 1.807) is 20.4 Å². The van der Waals surface area contributed by atoms with Gasteiger partial charge in [0.1, 0.15) is 11.6 Å². The summed E-state index contributed by atoms with van der Waals surface area (Å²) in [7, 11) is 3.34. The highest BCUT2D eigenvalue weighted by atomic mass is 16.5. The Hall–Kier alpha value is -2.34. The topological polar surface area (TPSA) is 68.3 Å². The van der Waals surface area contributed by atoms with Crippen molar-refractivity contribution >= 4 is 11.8 Å². The third kappa shape index (κ3) is 5.21. The van der Waals surface area contributed by atoms with E-state index in [2.05, 4.69) is 26.7 Å². The first-order valence-electron chi connectivity index (χ1n) is 7.24. The molecule has 0 unspecified atom stereocenters. The molecule has 0 aliphatic carbocycles. The zero-order valence-corrected chi connectivity index (χ0v) is 13.0. The maximum absolute atomic E-state index is 5.22. The summed E-state index contributed by atoms with van der Waals surface area (Å²) in [4.78, 5) is 8.56. The van der Waals surface area contributed by atoms with Gasteiger partial charge in [-0.05, 0) is 30.2 Å². The lowest BCUT2D eigenvalue weighted by Crippen LogP contribution is -2.12. The molecule has 0 saturated carbocycles. The van der Waals surface area contributed by atoms with Crippen LogP contribution in [0.15, 0.2) is 36.5 Å². The van der Waals surface area contributed by atoms with Gasteiger partial charge in [-0.1, -0.05) is 12.1 Å². The van der Waals surface area contributed by atoms with Crippen LogP contribution in [0.4, 0.5) is 11.8 Å². The van der Waals surface area contributed by atoms with E-state index < -0.39 is 0 Å². The van der Waals surface area contributed by atoms with E-state index in [9.17, 15) is 0 Å². The zero-order chi connectivity index (χ0) is 15.6. The van der Waals surface area contributed by atoms with Gasteiger partial charge in [-0.2, -0.15) is 4.98 Å². The van der Waals surface area contributed by atoms with Crippen LogP contribution in [-0.4, -0.2) is 43.9 Å². The van der Waals surface area contributed by atoms with E-state index >= 15 is 0 Å². The molecule has 0 atom stereocenters. The van der Waals surface area contributed by atoms with Gasteiger partial charge >= 0.3 is 0 Å². The highest BCUT2D eigenvalue weighted by Gasteiger charge is 2.00. The van der Waals surface area contributed by atoms with Gasteiger partial charge in [-0.25, -0.2) is 4.98 Å². The molecule has 118 valence electrons. The second-order valence-corrected chi connectivity index (χ2v) is 4.71. The van der Waals surface area contributed by atoms with Gasteiger partial charge in [0.15, 0.2) is 0 Å². The minimum absolute atomic E-state index is 0.600. The van der Waals surface area contributed by atoms with Crippen molar-refractivity contribution in [1.82, 2.24) is 9.97 Å². The SMILES string of the molecule is COCCNc1nccc(NCCc2cccc(OC)c2)n1. The van der Waals surface area contributed by atoms with Crippen LogP contribution >= 0.6 is 0 Å². The van der Waals surface area contributed by atoms with Crippen LogP contribution in [0, 0.1) is 0 Å². The Balaban J connectivity index is 1.82. The Bertz CT molecular complexity index is 578. The van der Waals surface area contributed by atoms with Gasteiger partial charge in [-0.3, -0.25) is 0 Å². The van der Waals surface area contributed by atoms with E-state index in [0.29, 0.717) is 19.1 Å². The predicted molar refractivity (Wildman–Crippen MR) is 87.6 cm³/mol. The average Bonchev–Trinajstić information content (AvgIpc) is 2.56. The fourth-order valence-electron chi connectivity index (χ4n) is 1.97.